The number of Topliss-reactive ketones (excluding diaryl/α,β-unsaturated/α-hetero) is 1. The van der Waals surface area contributed by atoms with Gasteiger partial charge in [-0.2, -0.15) is 0 Å². The quantitative estimate of drug-likeness (QED) is 0.0665. The fourth-order valence-electron chi connectivity index (χ4n) is 6.30. The second-order valence-corrected chi connectivity index (χ2v) is 13.9. The van der Waals surface area contributed by atoms with Crippen LogP contribution < -0.4 is 5.32 Å². The second kappa shape index (κ2) is 35.5. The predicted molar refractivity (Wildman–Crippen MR) is 193 cm³/mol. The second-order valence-electron chi connectivity index (χ2n) is 13.9. The van der Waals surface area contributed by atoms with Crippen LogP contribution in [0.4, 0.5) is 0 Å². The van der Waals surface area contributed by atoms with Crippen molar-refractivity contribution < 1.29 is 19.5 Å². The van der Waals surface area contributed by atoms with Crippen LogP contribution in [0.3, 0.4) is 0 Å². The number of ketones is 1. The summed E-state index contributed by atoms with van der Waals surface area (Å²) in [5.41, 5.74) is 0. The van der Waals surface area contributed by atoms with E-state index in [1.165, 1.54) is 161 Å². The number of unbranched alkanes of at least 4 members (excludes halogenated alkanes) is 28. The van der Waals surface area contributed by atoms with Crippen molar-refractivity contribution in [2.24, 2.45) is 0 Å². The van der Waals surface area contributed by atoms with E-state index in [9.17, 15) is 19.5 Å². The lowest BCUT2D eigenvalue weighted by Gasteiger charge is -2.14. The van der Waals surface area contributed by atoms with E-state index in [0.29, 0.717) is 12.8 Å². The van der Waals surface area contributed by atoms with Crippen molar-refractivity contribution >= 4 is 17.7 Å². The van der Waals surface area contributed by atoms with E-state index in [2.05, 4.69) is 19.2 Å². The number of aliphatic carboxylic acids is 1. The van der Waals surface area contributed by atoms with Gasteiger partial charge in [0.15, 0.2) is 0 Å². The molecule has 0 saturated heterocycles. The first-order valence-electron chi connectivity index (χ1n) is 20.0. The third kappa shape index (κ3) is 33.8. The Morgan fingerprint density at radius 1 is 0.422 bits per heavy atom. The van der Waals surface area contributed by atoms with Crippen LogP contribution in [0.2, 0.25) is 0 Å². The van der Waals surface area contributed by atoms with E-state index in [1.54, 1.807) is 0 Å². The molecule has 1 atom stereocenters. The van der Waals surface area contributed by atoms with Gasteiger partial charge in [-0.25, -0.2) is 4.79 Å². The van der Waals surface area contributed by atoms with Gasteiger partial charge in [0.1, 0.15) is 11.8 Å². The van der Waals surface area contributed by atoms with Gasteiger partial charge in [-0.3, -0.25) is 9.59 Å². The van der Waals surface area contributed by atoms with Gasteiger partial charge < -0.3 is 10.4 Å². The Labute approximate surface area is 280 Å². The fraction of sp³-hybridized carbons (Fsp3) is 0.925. The summed E-state index contributed by atoms with van der Waals surface area (Å²) in [4.78, 5) is 36.3. The molecule has 0 aliphatic heterocycles. The average molecular weight is 636 g/mol. The molecule has 0 unspecified atom stereocenters. The number of hydrogen-bond donors (Lipinski definition) is 2. The fourth-order valence-corrected chi connectivity index (χ4v) is 6.30. The zero-order valence-corrected chi connectivity index (χ0v) is 30.3. The monoisotopic (exact) mass is 636 g/mol. The zero-order chi connectivity index (χ0) is 33.1. The lowest BCUT2D eigenvalue weighted by Crippen LogP contribution is -2.41. The molecule has 0 spiro atoms. The summed E-state index contributed by atoms with van der Waals surface area (Å²) in [6, 6.07) is -0.959. The standard InChI is InChI=1S/C40H77NO4/c1-3-5-7-9-11-13-15-17-19-21-23-25-27-29-31-33-37(42)35-36-38(40(44)45)41-39(43)34-32-30-28-26-24-22-20-18-16-14-12-10-8-6-4-2/h38H,3-36H2,1-2H3,(H,41,43)(H,44,45)/t38-/m0/s1. The maximum atomic E-state index is 12.3. The minimum atomic E-state index is -1.04. The van der Waals surface area contributed by atoms with Crippen LogP contribution in [-0.2, 0) is 14.4 Å². The largest absolute Gasteiger partial charge is 0.480 e. The maximum absolute atomic E-state index is 12.3. The van der Waals surface area contributed by atoms with E-state index in [1.807, 2.05) is 0 Å². The Bertz CT molecular complexity index is 665. The van der Waals surface area contributed by atoms with Gasteiger partial charge in [0.2, 0.25) is 5.91 Å². The minimum absolute atomic E-state index is 0.118. The van der Waals surface area contributed by atoms with Crippen LogP contribution in [0.15, 0.2) is 0 Å². The van der Waals surface area contributed by atoms with Crippen molar-refractivity contribution in [3.63, 3.8) is 0 Å². The molecule has 5 nitrogen and oxygen atoms in total. The van der Waals surface area contributed by atoms with Crippen molar-refractivity contribution in [3.8, 4) is 0 Å². The van der Waals surface area contributed by atoms with E-state index < -0.39 is 12.0 Å². The van der Waals surface area contributed by atoms with Crippen molar-refractivity contribution in [2.75, 3.05) is 0 Å². The summed E-state index contributed by atoms with van der Waals surface area (Å²) in [6.07, 6.45) is 39.9. The van der Waals surface area contributed by atoms with Crippen molar-refractivity contribution in [1.82, 2.24) is 5.32 Å². The highest BCUT2D eigenvalue weighted by molar-refractivity contribution is 5.84. The summed E-state index contributed by atoms with van der Waals surface area (Å²) >= 11 is 0. The van der Waals surface area contributed by atoms with Gasteiger partial charge in [-0.05, 0) is 19.3 Å². The number of amides is 1. The Balaban J connectivity index is 3.61. The van der Waals surface area contributed by atoms with Crippen LogP contribution in [0, 0.1) is 0 Å². The highest BCUT2D eigenvalue weighted by Crippen LogP contribution is 2.16. The summed E-state index contributed by atoms with van der Waals surface area (Å²) < 4.78 is 0. The van der Waals surface area contributed by atoms with Crippen molar-refractivity contribution in [3.05, 3.63) is 0 Å². The molecule has 0 aliphatic carbocycles. The first-order chi connectivity index (χ1) is 22.0. The van der Waals surface area contributed by atoms with Gasteiger partial charge in [-0.1, -0.05) is 194 Å². The molecule has 0 fully saturated rings. The SMILES string of the molecule is CCCCCCCCCCCCCCCCCC(=O)CC[C@H](NC(=O)CCCCCCCCCCCCCCCCC)C(=O)O. The molecule has 0 saturated carbocycles. The van der Waals surface area contributed by atoms with E-state index >= 15 is 0 Å². The molecule has 5 heteroatoms. The number of carboxylic acids is 1. The Kier molecular flexibility index (Phi) is 34.4. The Morgan fingerprint density at radius 3 is 1.02 bits per heavy atom. The van der Waals surface area contributed by atoms with Gasteiger partial charge in [0.25, 0.3) is 0 Å². The smallest absolute Gasteiger partial charge is 0.326 e. The van der Waals surface area contributed by atoms with E-state index in [4.69, 9.17) is 0 Å². The molecule has 1 amide bonds. The lowest BCUT2D eigenvalue weighted by molar-refractivity contribution is -0.142. The number of hydrogen-bond acceptors (Lipinski definition) is 3. The molecular weight excluding hydrogens is 558 g/mol. The van der Waals surface area contributed by atoms with E-state index in [-0.39, 0.29) is 24.5 Å². The van der Waals surface area contributed by atoms with Gasteiger partial charge >= 0.3 is 5.97 Å². The number of carboxylic acid groups (broad SMARTS) is 1. The molecule has 0 bridgehead atoms. The summed E-state index contributed by atoms with van der Waals surface area (Å²) in [7, 11) is 0. The molecule has 0 aliphatic rings. The molecular formula is C40H77NO4. The van der Waals surface area contributed by atoms with Crippen LogP contribution in [-0.4, -0.2) is 28.8 Å². The average Bonchev–Trinajstić information content (AvgIpc) is 3.02. The summed E-state index contributed by atoms with van der Waals surface area (Å²) in [5, 5.41) is 12.2. The lowest BCUT2D eigenvalue weighted by atomic mass is 10.0. The van der Waals surface area contributed by atoms with Crippen molar-refractivity contribution in [1.29, 1.82) is 0 Å². The highest BCUT2D eigenvalue weighted by atomic mass is 16.4. The van der Waals surface area contributed by atoms with Gasteiger partial charge in [-0.15, -0.1) is 0 Å². The molecule has 266 valence electrons. The van der Waals surface area contributed by atoms with Crippen LogP contribution in [0.25, 0.3) is 0 Å². The summed E-state index contributed by atoms with van der Waals surface area (Å²) in [5.74, 6) is -1.13. The molecule has 0 aromatic carbocycles. The predicted octanol–water partition coefficient (Wildman–Crippen LogP) is 12.4. The molecule has 0 rings (SSSR count). The topological polar surface area (TPSA) is 83.5 Å². The van der Waals surface area contributed by atoms with Crippen LogP contribution in [0.1, 0.15) is 232 Å². The summed E-state index contributed by atoms with van der Waals surface area (Å²) in [6.45, 7) is 4.53. The zero-order valence-electron chi connectivity index (χ0n) is 30.3. The normalized spacial score (nSPS) is 12.0. The first kappa shape index (κ1) is 43.6. The van der Waals surface area contributed by atoms with Crippen molar-refractivity contribution in [2.45, 2.75) is 238 Å². The molecule has 0 radical (unpaired) electrons. The number of carbonyl (C=O) groups is 3. The minimum Gasteiger partial charge on any atom is -0.480 e. The molecule has 2 N–H and O–H groups in total. The number of nitrogens with one attached hydrogen (secondary N) is 1. The van der Waals surface area contributed by atoms with Gasteiger partial charge in [0, 0.05) is 19.3 Å². The molecule has 0 aromatic heterocycles. The first-order valence-corrected chi connectivity index (χ1v) is 20.0. The van der Waals surface area contributed by atoms with Gasteiger partial charge in [0.05, 0.1) is 0 Å². The Morgan fingerprint density at radius 2 is 0.711 bits per heavy atom. The number of carbonyl (C=O) groups excluding carboxylic acids is 2. The third-order valence-corrected chi connectivity index (χ3v) is 9.41. The van der Waals surface area contributed by atoms with Crippen LogP contribution in [0.5, 0.6) is 0 Å². The highest BCUT2D eigenvalue weighted by Gasteiger charge is 2.20. The maximum Gasteiger partial charge on any atom is 0.326 e. The molecule has 0 aromatic rings. The molecule has 0 heterocycles. The van der Waals surface area contributed by atoms with Crippen LogP contribution >= 0.6 is 0 Å². The third-order valence-electron chi connectivity index (χ3n) is 9.41. The van der Waals surface area contributed by atoms with E-state index in [0.717, 1.165) is 32.1 Å². The Hall–Kier alpha value is -1.39. The number of rotatable bonds is 37. The molecule has 45 heavy (non-hydrogen) atoms.